The number of hydrogen-bond acceptors (Lipinski definition) is 7. The lowest BCUT2D eigenvalue weighted by atomic mass is 9.97. The number of fused-ring (bicyclic) bond motifs is 1. The third kappa shape index (κ3) is 4.61. The van der Waals surface area contributed by atoms with E-state index in [0.29, 0.717) is 21.7 Å². The van der Waals surface area contributed by atoms with Crippen molar-refractivity contribution in [2.75, 3.05) is 12.4 Å². The summed E-state index contributed by atoms with van der Waals surface area (Å²) in [5.41, 5.74) is 15.0. The molecule has 0 aliphatic rings. The van der Waals surface area contributed by atoms with Crippen molar-refractivity contribution < 1.29 is 9.21 Å². The molecule has 1 atom stereocenters. The molecule has 1 unspecified atom stereocenters. The summed E-state index contributed by atoms with van der Waals surface area (Å²) in [6, 6.07) is 7.01. The van der Waals surface area contributed by atoms with Crippen molar-refractivity contribution in [1.82, 2.24) is 4.98 Å². The lowest BCUT2D eigenvalue weighted by Gasteiger charge is -2.20. The van der Waals surface area contributed by atoms with E-state index in [2.05, 4.69) is 15.3 Å². The topological polar surface area (TPSA) is 137 Å². The molecule has 33 heavy (non-hydrogen) atoms. The number of aliphatic imine (C=N–C) groups is 1. The van der Waals surface area contributed by atoms with E-state index in [4.69, 9.17) is 27.5 Å². The number of carbonyl (C=O) groups excluding carboxylic acids is 1. The van der Waals surface area contributed by atoms with Crippen molar-refractivity contribution in [2.24, 2.45) is 16.5 Å². The van der Waals surface area contributed by atoms with Gasteiger partial charge in [-0.1, -0.05) is 17.7 Å². The minimum Gasteiger partial charge on any atom is -0.455 e. The molecule has 1 aromatic carbocycles. The summed E-state index contributed by atoms with van der Waals surface area (Å²) < 4.78 is 6.24. The monoisotopic (exact) mass is 467 g/mol. The van der Waals surface area contributed by atoms with E-state index < -0.39 is 5.91 Å². The Bertz CT molecular complexity index is 1370. The van der Waals surface area contributed by atoms with Crippen molar-refractivity contribution in [3.8, 4) is 0 Å². The van der Waals surface area contributed by atoms with Crippen LogP contribution in [0.25, 0.3) is 16.5 Å². The van der Waals surface area contributed by atoms with Crippen LogP contribution in [0.3, 0.4) is 0 Å². The molecule has 3 aromatic rings. The maximum atomic E-state index is 13.3. The maximum Gasteiger partial charge on any atom is 0.267 e. The van der Waals surface area contributed by atoms with Crippen LogP contribution in [0.15, 0.2) is 44.7 Å². The second kappa shape index (κ2) is 9.46. The molecule has 3 rings (SSSR count). The van der Waals surface area contributed by atoms with E-state index in [1.165, 1.54) is 13.2 Å². The van der Waals surface area contributed by atoms with Crippen LogP contribution in [-0.2, 0) is 4.79 Å². The summed E-state index contributed by atoms with van der Waals surface area (Å²) in [7, 11) is 1.42. The SMILES string of the molecule is CN=C(C(N)=O)/C(=C\N)c1oc2c(C(C)Nc3ccc(Cl)nc3C)cc(C)cc2c(=O)c1C. The Hall–Kier alpha value is -3.65. The number of carbonyl (C=O) groups is 1. The van der Waals surface area contributed by atoms with Crippen LogP contribution in [0.4, 0.5) is 5.69 Å². The molecule has 5 N–H and O–H groups in total. The molecule has 2 aromatic heterocycles. The second-order valence-corrected chi connectivity index (χ2v) is 8.15. The van der Waals surface area contributed by atoms with Gasteiger partial charge in [-0.2, -0.15) is 0 Å². The highest BCUT2D eigenvalue weighted by Crippen LogP contribution is 2.31. The summed E-state index contributed by atoms with van der Waals surface area (Å²) in [6.45, 7) is 7.33. The fourth-order valence-electron chi connectivity index (χ4n) is 3.77. The highest BCUT2D eigenvalue weighted by atomic mass is 35.5. The van der Waals surface area contributed by atoms with Gasteiger partial charge in [-0.25, -0.2) is 4.98 Å². The number of benzene rings is 1. The Balaban J connectivity index is 2.24. The van der Waals surface area contributed by atoms with E-state index in [1.54, 1.807) is 19.1 Å². The molecule has 0 aliphatic heterocycles. The summed E-state index contributed by atoms with van der Waals surface area (Å²) in [6.07, 6.45) is 1.17. The van der Waals surface area contributed by atoms with Gasteiger partial charge in [-0.3, -0.25) is 14.6 Å². The first kappa shape index (κ1) is 24.0. The van der Waals surface area contributed by atoms with Gasteiger partial charge in [0.15, 0.2) is 5.43 Å². The number of nitrogens with zero attached hydrogens (tertiary/aromatic N) is 2. The molecule has 9 heteroatoms. The molecule has 0 bridgehead atoms. The molecule has 0 saturated carbocycles. The Morgan fingerprint density at radius 2 is 1.97 bits per heavy atom. The van der Waals surface area contributed by atoms with Crippen molar-refractivity contribution in [3.05, 3.63) is 74.0 Å². The predicted octanol–water partition coefficient (Wildman–Crippen LogP) is 3.80. The van der Waals surface area contributed by atoms with Gasteiger partial charge in [0.1, 0.15) is 22.2 Å². The van der Waals surface area contributed by atoms with Gasteiger partial charge in [-0.15, -0.1) is 0 Å². The molecule has 0 saturated heterocycles. The fraction of sp³-hybridized carbons (Fsp3) is 0.250. The molecule has 172 valence electrons. The lowest BCUT2D eigenvalue weighted by Crippen LogP contribution is -2.26. The van der Waals surface area contributed by atoms with Crippen LogP contribution >= 0.6 is 11.6 Å². The second-order valence-electron chi connectivity index (χ2n) is 7.77. The molecule has 0 spiro atoms. The summed E-state index contributed by atoms with van der Waals surface area (Å²) in [4.78, 5) is 33.4. The average molecular weight is 468 g/mol. The zero-order valence-corrected chi connectivity index (χ0v) is 19.9. The molecular weight excluding hydrogens is 442 g/mol. The lowest BCUT2D eigenvalue weighted by molar-refractivity contribution is -0.111. The Kier molecular flexibility index (Phi) is 6.88. The number of amides is 1. The number of pyridine rings is 1. The van der Waals surface area contributed by atoms with Gasteiger partial charge in [-0.05, 0) is 51.5 Å². The number of nitrogens with two attached hydrogens (primary N) is 2. The minimum atomic E-state index is -0.777. The van der Waals surface area contributed by atoms with Gasteiger partial charge >= 0.3 is 0 Å². The van der Waals surface area contributed by atoms with Crippen LogP contribution in [0, 0.1) is 20.8 Å². The number of rotatable bonds is 6. The number of halogens is 1. The van der Waals surface area contributed by atoms with Gasteiger partial charge in [0, 0.05) is 24.4 Å². The van der Waals surface area contributed by atoms with E-state index in [0.717, 1.165) is 22.5 Å². The standard InChI is InChI=1S/C24H26ClN5O3/c1-11-8-15(13(3)29-18-6-7-19(25)30-14(18)4)23-16(9-11)21(31)12(2)22(33-23)17(10-26)20(28-5)24(27)32/h6-10,13,29H,26H2,1-5H3,(H2,27,32)/b17-10+,28-20?. The maximum absolute atomic E-state index is 13.3. The van der Waals surface area contributed by atoms with E-state index in [1.807, 2.05) is 32.9 Å². The van der Waals surface area contributed by atoms with Crippen LogP contribution in [0.1, 0.15) is 41.1 Å². The first-order chi connectivity index (χ1) is 15.6. The number of aryl methyl sites for hydroxylation is 2. The number of nitrogens with one attached hydrogen (secondary N) is 1. The normalized spacial score (nSPS) is 13.3. The third-order valence-corrected chi connectivity index (χ3v) is 5.62. The van der Waals surface area contributed by atoms with Crippen LogP contribution in [0.2, 0.25) is 5.15 Å². The van der Waals surface area contributed by atoms with Gasteiger partial charge < -0.3 is 21.2 Å². The number of primary amides is 1. The molecule has 1 amide bonds. The number of anilines is 1. The Morgan fingerprint density at radius 3 is 2.55 bits per heavy atom. The van der Waals surface area contributed by atoms with Crippen molar-refractivity contribution in [2.45, 2.75) is 33.7 Å². The third-order valence-electron chi connectivity index (χ3n) is 5.41. The van der Waals surface area contributed by atoms with Crippen molar-refractivity contribution in [1.29, 1.82) is 0 Å². The van der Waals surface area contributed by atoms with Crippen molar-refractivity contribution in [3.63, 3.8) is 0 Å². The zero-order valence-electron chi connectivity index (χ0n) is 19.1. The van der Waals surface area contributed by atoms with Gasteiger partial charge in [0.25, 0.3) is 5.91 Å². The van der Waals surface area contributed by atoms with E-state index in [9.17, 15) is 9.59 Å². The van der Waals surface area contributed by atoms with Gasteiger partial charge in [0.05, 0.1) is 28.4 Å². The van der Waals surface area contributed by atoms with Crippen LogP contribution in [-0.4, -0.2) is 23.7 Å². The quantitative estimate of drug-likeness (QED) is 0.372. The highest BCUT2D eigenvalue weighted by molar-refractivity contribution is 6.55. The average Bonchev–Trinajstić information content (AvgIpc) is 2.76. The van der Waals surface area contributed by atoms with Crippen LogP contribution < -0.4 is 22.2 Å². The van der Waals surface area contributed by atoms with E-state index in [-0.39, 0.29) is 28.5 Å². The fourth-order valence-corrected chi connectivity index (χ4v) is 3.96. The summed E-state index contributed by atoms with van der Waals surface area (Å²) >= 11 is 5.98. The summed E-state index contributed by atoms with van der Waals surface area (Å²) in [5, 5.41) is 4.23. The number of aromatic nitrogens is 1. The molecule has 8 nitrogen and oxygen atoms in total. The minimum absolute atomic E-state index is 0.0780. The first-order valence-corrected chi connectivity index (χ1v) is 10.6. The van der Waals surface area contributed by atoms with E-state index >= 15 is 0 Å². The zero-order chi connectivity index (χ0) is 24.4. The Labute approximate surface area is 196 Å². The Morgan fingerprint density at radius 1 is 1.27 bits per heavy atom. The first-order valence-electron chi connectivity index (χ1n) is 10.3. The highest BCUT2D eigenvalue weighted by Gasteiger charge is 2.24. The largest absolute Gasteiger partial charge is 0.455 e. The summed E-state index contributed by atoms with van der Waals surface area (Å²) in [5.74, 6) is -0.628. The molecule has 0 aliphatic carbocycles. The van der Waals surface area contributed by atoms with Crippen LogP contribution in [0.5, 0.6) is 0 Å². The molecule has 0 radical (unpaired) electrons. The molecule has 0 fully saturated rings. The molecule has 2 heterocycles. The number of hydrogen-bond donors (Lipinski definition) is 3. The van der Waals surface area contributed by atoms with Gasteiger partial charge in [0.2, 0.25) is 0 Å². The predicted molar refractivity (Wildman–Crippen MR) is 133 cm³/mol. The molecular formula is C24H26ClN5O3. The smallest absolute Gasteiger partial charge is 0.267 e. The van der Waals surface area contributed by atoms with Crippen molar-refractivity contribution >= 4 is 45.4 Å².